The molecule has 0 spiro atoms. The van der Waals surface area contributed by atoms with E-state index in [-0.39, 0.29) is 5.91 Å². The molecule has 1 fully saturated rings. The number of aryl methyl sites for hydroxylation is 1. The van der Waals surface area contributed by atoms with Crippen LogP contribution in [0.15, 0.2) is 18.2 Å². The van der Waals surface area contributed by atoms with Crippen LogP contribution in [0.4, 0.5) is 5.69 Å². The highest BCUT2D eigenvalue weighted by Crippen LogP contribution is 2.32. The number of carbonyl (C=O) groups is 1. The lowest BCUT2D eigenvalue weighted by Gasteiger charge is -2.25. The Bertz CT molecular complexity index is 510. The highest BCUT2D eigenvalue weighted by atomic mass is 16.5. The highest BCUT2D eigenvalue weighted by Gasteiger charge is 2.27. The second-order valence-electron chi connectivity index (χ2n) is 5.98. The first kappa shape index (κ1) is 14.5. The summed E-state index contributed by atoms with van der Waals surface area (Å²) in [5, 5.41) is 6.61. The molecular formula is C17H24N2O2. The Morgan fingerprint density at radius 3 is 3.10 bits per heavy atom. The SMILES string of the molecule is CCNC(c1ccc2c(c1)CCCC(=O)N2)C1CCOC1. The van der Waals surface area contributed by atoms with Crippen molar-refractivity contribution in [3.8, 4) is 0 Å². The summed E-state index contributed by atoms with van der Waals surface area (Å²) in [7, 11) is 0. The third kappa shape index (κ3) is 3.27. The van der Waals surface area contributed by atoms with Crippen molar-refractivity contribution in [1.82, 2.24) is 5.32 Å². The predicted octanol–water partition coefficient (Wildman–Crippen LogP) is 2.65. The van der Waals surface area contributed by atoms with E-state index in [0.29, 0.717) is 18.4 Å². The molecule has 4 nitrogen and oxygen atoms in total. The van der Waals surface area contributed by atoms with Crippen LogP contribution in [0, 0.1) is 5.92 Å². The third-order valence-electron chi connectivity index (χ3n) is 4.47. The number of amides is 1. The molecule has 21 heavy (non-hydrogen) atoms. The van der Waals surface area contributed by atoms with E-state index in [9.17, 15) is 4.79 Å². The number of benzene rings is 1. The zero-order chi connectivity index (χ0) is 14.7. The Kier molecular flexibility index (Phi) is 4.56. The van der Waals surface area contributed by atoms with Crippen LogP contribution in [0.25, 0.3) is 0 Å². The molecule has 0 aromatic heterocycles. The molecule has 0 bridgehead atoms. The smallest absolute Gasteiger partial charge is 0.224 e. The maximum atomic E-state index is 11.6. The summed E-state index contributed by atoms with van der Waals surface area (Å²) >= 11 is 0. The van der Waals surface area contributed by atoms with E-state index in [1.54, 1.807) is 0 Å². The number of carbonyl (C=O) groups excluding carboxylic acids is 1. The van der Waals surface area contributed by atoms with E-state index in [1.807, 2.05) is 0 Å². The zero-order valence-electron chi connectivity index (χ0n) is 12.7. The number of ether oxygens (including phenoxy) is 1. The number of nitrogens with one attached hydrogen (secondary N) is 2. The van der Waals surface area contributed by atoms with Gasteiger partial charge in [-0.05, 0) is 43.0 Å². The Hall–Kier alpha value is -1.39. The molecule has 1 aromatic rings. The van der Waals surface area contributed by atoms with E-state index < -0.39 is 0 Å². The minimum absolute atomic E-state index is 0.133. The van der Waals surface area contributed by atoms with Crippen LogP contribution < -0.4 is 10.6 Å². The molecule has 2 atom stereocenters. The van der Waals surface area contributed by atoms with Gasteiger partial charge in [0.05, 0.1) is 6.61 Å². The van der Waals surface area contributed by atoms with E-state index in [2.05, 4.69) is 35.8 Å². The fourth-order valence-electron chi connectivity index (χ4n) is 3.38. The summed E-state index contributed by atoms with van der Waals surface area (Å²) in [6.45, 7) is 4.81. The van der Waals surface area contributed by atoms with Gasteiger partial charge in [-0.15, -0.1) is 0 Å². The summed E-state index contributed by atoms with van der Waals surface area (Å²) < 4.78 is 5.56. The molecule has 3 rings (SSSR count). The zero-order valence-corrected chi connectivity index (χ0v) is 12.7. The lowest BCUT2D eigenvalue weighted by molar-refractivity contribution is -0.116. The van der Waals surface area contributed by atoms with E-state index in [0.717, 1.165) is 44.7 Å². The maximum Gasteiger partial charge on any atom is 0.224 e. The molecule has 1 amide bonds. The highest BCUT2D eigenvalue weighted by molar-refractivity contribution is 5.92. The van der Waals surface area contributed by atoms with Crippen molar-refractivity contribution in [3.63, 3.8) is 0 Å². The van der Waals surface area contributed by atoms with Gasteiger partial charge in [-0.2, -0.15) is 0 Å². The average Bonchev–Trinajstić information content (AvgIpc) is 2.93. The van der Waals surface area contributed by atoms with Crippen molar-refractivity contribution in [2.45, 2.75) is 38.6 Å². The first-order chi connectivity index (χ1) is 10.3. The quantitative estimate of drug-likeness (QED) is 0.895. The van der Waals surface area contributed by atoms with Gasteiger partial charge >= 0.3 is 0 Å². The van der Waals surface area contributed by atoms with Crippen molar-refractivity contribution in [3.05, 3.63) is 29.3 Å². The standard InChI is InChI=1S/C17H24N2O2/c1-2-18-17(14-8-9-21-11-14)13-6-7-15-12(10-13)4-3-5-16(20)19-15/h6-7,10,14,17-18H,2-5,8-9,11H2,1H3,(H,19,20). The summed E-state index contributed by atoms with van der Waals surface area (Å²) in [6, 6.07) is 6.83. The van der Waals surface area contributed by atoms with Gasteiger partial charge in [0.25, 0.3) is 0 Å². The minimum Gasteiger partial charge on any atom is -0.381 e. The Labute approximate surface area is 126 Å². The molecule has 114 valence electrons. The van der Waals surface area contributed by atoms with Crippen molar-refractivity contribution < 1.29 is 9.53 Å². The molecule has 2 N–H and O–H groups in total. The van der Waals surface area contributed by atoms with Crippen LogP contribution in [-0.4, -0.2) is 25.7 Å². The van der Waals surface area contributed by atoms with Gasteiger partial charge in [0.15, 0.2) is 0 Å². The van der Waals surface area contributed by atoms with E-state index in [1.165, 1.54) is 11.1 Å². The van der Waals surface area contributed by atoms with Crippen LogP contribution in [0.5, 0.6) is 0 Å². The molecule has 1 saturated heterocycles. The largest absolute Gasteiger partial charge is 0.381 e. The molecule has 4 heteroatoms. The molecule has 2 heterocycles. The Morgan fingerprint density at radius 1 is 1.43 bits per heavy atom. The van der Waals surface area contributed by atoms with Crippen molar-refractivity contribution in [2.24, 2.45) is 5.92 Å². The van der Waals surface area contributed by atoms with Gasteiger partial charge in [0, 0.05) is 30.7 Å². The lowest BCUT2D eigenvalue weighted by atomic mass is 9.90. The van der Waals surface area contributed by atoms with Gasteiger partial charge in [0.1, 0.15) is 0 Å². The second-order valence-corrected chi connectivity index (χ2v) is 5.98. The molecule has 2 aliphatic heterocycles. The fraction of sp³-hybridized carbons (Fsp3) is 0.588. The normalized spacial score (nSPS) is 23.3. The van der Waals surface area contributed by atoms with E-state index >= 15 is 0 Å². The minimum atomic E-state index is 0.133. The van der Waals surface area contributed by atoms with Gasteiger partial charge in [0.2, 0.25) is 5.91 Å². The number of fused-ring (bicyclic) bond motifs is 1. The van der Waals surface area contributed by atoms with Crippen molar-refractivity contribution in [1.29, 1.82) is 0 Å². The monoisotopic (exact) mass is 288 g/mol. The van der Waals surface area contributed by atoms with Crippen LogP contribution in [0.3, 0.4) is 0 Å². The summed E-state index contributed by atoms with van der Waals surface area (Å²) in [6.07, 6.45) is 3.64. The number of hydrogen-bond acceptors (Lipinski definition) is 3. The molecule has 0 saturated carbocycles. The van der Waals surface area contributed by atoms with Gasteiger partial charge in [-0.1, -0.05) is 19.1 Å². The molecule has 2 unspecified atom stereocenters. The molecule has 2 aliphatic rings. The van der Waals surface area contributed by atoms with Crippen LogP contribution in [0.2, 0.25) is 0 Å². The summed E-state index contributed by atoms with van der Waals surface area (Å²) in [4.78, 5) is 11.6. The molecule has 1 aromatic carbocycles. The molecule has 0 aliphatic carbocycles. The number of anilines is 1. The van der Waals surface area contributed by atoms with Crippen molar-refractivity contribution in [2.75, 3.05) is 25.1 Å². The topological polar surface area (TPSA) is 50.4 Å². The van der Waals surface area contributed by atoms with Gasteiger partial charge < -0.3 is 15.4 Å². The average molecular weight is 288 g/mol. The predicted molar refractivity (Wildman–Crippen MR) is 83.4 cm³/mol. The number of hydrogen-bond donors (Lipinski definition) is 2. The Morgan fingerprint density at radius 2 is 2.33 bits per heavy atom. The maximum absolute atomic E-state index is 11.6. The van der Waals surface area contributed by atoms with Crippen LogP contribution in [-0.2, 0) is 16.0 Å². The Balaban J connectivity index is 1.86. The van der Waals surface area contributed by atoms with Crippen LogP contribution in [0.1, 0.15) is 43.4 Å². The van der Waals surface area contributed by atoms with E-state index in [4.69, 9.17) is 4.74 Å². The van der Waals surface area contributed by atoms with Crippen LogP contribution >= 0.6 is 0 Å². The van der Waals surface area contributed by atoms with Gasteiger partial charge in [-0.25, -0.2) is 0 Å². The summed E-state index contributed by atoms with van der Waals surface area (Å²) in [5.74, 6) is 0.678. The second kappa shape index (κ2) is 6.58. The first-order valence-electron chi connectivity index (χ1n) is 8.01. The van der Waals surface area contributed by atoms with Crippen molar-refractivity contribution >= 4 is 11.6 Å². The lowest BCUT2D eigenvalue weighted by Crippen LogP contribution is -2.28. The fourth-order valence-corrected chi connectivity index (χ4v) is 3.38. The number of rotatable bonds is 4. The first-order valence-corrected chi connectivity index (χ1v) is 8.01. The molecular weight excluding hydrogens is 264 g/mol. The third-order valence-corrected chi connectivity index (χ3v) is 4.47. The molecule has 0 radical (unpaired) electrons. The summed E-state index contributed by atoms with van der Waals surface area (Å²) in [5.41, 5.74) is 3.57. The van der Waals surface area contributed by atoms with Gasteiger partial charge in [-0.3, -0.25) is 4.79 Å².